The summed E-state index contributed by atoms with van der Waals surface area (Å²) in [4.78, 5) is 52.7. The Hall–Kier alpha value is -5.72. The fourth-order valence-electron chi connectivity index (χ4n) is 7.77. The van der Waals surface area contributed by atoms with Crippen LogP contribution in [-0.4, -0.2) is 75.6 Å². The van der Waals surface area contributed by atoms with Crippen LogP contribution in [0.4, 0.5) is 0 Å². The van der Waals surface area contributed by atoms with Crippen LogP contribution in [0.1, 0.15) is 53.4 Å². The lowest BCUT2D eigenvalue weighted by molar-refractivity contribution is -0.140. The number of aliphatic carboxylic acids is 1. The number of rotatable bonds is 10. The molecule has 12 nitrogen and oxygen atoms in total. The zero-order valence-electron chi connectivity index (χ0n) is 30.3. The van der Waals surface area contributed by atoms with E-state index in [0.29, 0.717) is 63.2 Å². The van der Waals surface area contributed by atoms with Crippen molar-refractivity contribution in [2.24, 2.45) is 26.3 Å². The molecule has 5 N–H and O–H groups in total. The third-order valence-corrected chi connectivity index (χ3v) is 10.7. The van der Waals surface area contributed by atoms with E-state index in [1.807, 2.05) is 45.9 Å². The molecule has 0 spiro atoms. The second kappa shape index (κ2) is 14.4. The fraction of sp³-hybridized carbons (Fsp3) is 0.317. The highest BCUT2D eigenvalue weighted by molar-refractivity contribution is 6.18. The second-order valence-electron chi connectivity index (χ2n) is 13.7. The average Bonchev–Trinajstić information content (AvgIpc) is 3.79. The topological polar surface area (TPSA) is 190 Å². The van der Waals surface area contributed by atoms with E-state index >= 15 is 0 Å². The number of ether oxygens (including phenoxy) is 1. The van der Waals surface area contributed by atoms with Crippen LogP contribution in [0.15, 0.2) is 143 Å². The molecule has 6 aliphatic rings. The Morgan fingerprint density at radius 3 is 2.17 bits per heavy atom. The van der Waals surface area contributed by atoms with Crippen molar-refractivity contribution in [1.29, 1.82) is 0 Å². The normalized spacial score (nSPS) is 24.2. The number of allylic oxidation sites excluding steroid dienone is 15. The Balaban J connectivity index is 1.67. The standard InChI is InChI=1S/C41H42N4O8/c1-7-23-20(2)29-15-34-27-11-8-26(35(48)18-46)40(36(49)19-47)41(27,5)37(45-34)17-30-22(4)24(9-12-38(50)51)32(44-30)16-33-25(10-13-39(52)53-6)21(3)28(43-33)14-31(23)42-29/h7-8,11,14-17,40,45-48H,1,9-10,12-13,18-19H2,2-6H3,(H,50,51)/t40-,41+/m0/s1. The predicted octanol–water partition coefficient (Wildman–Crippen LogP) is 5.27. The number of carbonyl (C=O) groups is 3. The molecular weight excluding hydrogens is 676 g/mol. The molecule has 0 unspecified atom stereocenters. The van der Waals surface area contributed by atoms with Crippen molar-refractivity contribution in [3.8, 4) is 0 Å². The number of carboxylic acid groups (broad SMARTS) is 1. The Kier molecular flexibility index (Phi) is 10.0. The lowest BCUT2D eigenvalue weighted by atomic mass is 9.62. The minimum atomic E-state index is -1.18. The van der Waals surface area contributed by atoms with Gasteiger partial charge in [0.2, 0.25) is 0 Å². The van der Waals surface area contributed by atoms with Gasteiger partial charge in [-0.3, -0.25) is 14.4 Å². The van der Waals surface area contributed by atoms with Crippen molar-refractivity contribution in [2.45, 2.75) is 53.4 Å². The molecule has 0 aromatic carbocycles. The highest BCUT2D eigenvalue weighted by atomic mass is 16.5. The first kappa shape index (κ1) is 37.1. The number of ketones is 1. The number of Topliss-reactive ketones (excluding diaryl/α,β-unsaturated/α-hetero) is 1. The number of nitrogens with one attached hydrogen (secondary N) is 1. The maximum absolute atomic E-state index is 13.6. The van der Waals surface area contributed by atoms with Gasteiger partial charge < -0.3 is 30.5 Å². The van der Waals surface area contributed by atoms with Crippen molar-refractivity contribution < 1.29 is 39.5 Å². The monoisotopic (exact) mass is 718 g/mol. The Bertz CT molecular complexity index is 2190. The van der Waals surface area contributed by atoms with Gasteiger partial charge in [0.15, 0.2) is 5.78 Å². The summed E-state index contributed by atoms with van der Waals surface area (Å²) in [5.74, 6) is -3.38. The molecule has 8 bridgehead atoms. The summed E-state index contributed by atoms with van der Waals surface area (Å²) in [5, 5.41) is 44.1. The quantitative estimate of drug-likeness (QED) is 0.148. The van der Waals surface area contributed by atoms with Gasteiger partial charge in [0.1, 0.15) is 19.0 Å². The van der Waals surface area contributed by atoms with Gasteiger partial charge in [-0.1, -0.05) is 24.8 Å². The van der Waals surface area contributed by atoms with Gasteiger partial charge >= 0.3 is 11.9 Å². The van der Waals surface area contributed by atoms with Crippen molar-refractivity contribution in [2.75, 3.05) is 20.3 Å². The fourth-order valence-corrected chi connectivity index (χ4v) is 7.77. The van der Waals surface area contributed by atoms with E-state index in [2.05, 4.69) is 11.9 Å². The maximum atomic E-state index is 13.6. The van der Waals surface area contributed by atoms with Crippen LogP contribution >= 0.6 is 0 Å². The highest BCUT2D eigenvalue weighted by Gasteiger charge is 2.52. The average molecular weight is 719 g/mol. The number of esters is 1. The van der Waals surface area contributed by atoms with Gasteiger partial charge in [0.05, 0.1) is 47.3 Å². The van der Waals surface area contributed by atoms with E-state index in [-0.39, 0.29) is 36.6 Å². The number of aliphatic imine (C=N–C) groups is 3. The van der Waals surface area contributed by atoms with E-state index in [4.69, 9.17) is 19.7 Å². The molecule has 2 atom stereocenters. The summed E-state index contributed by atoms with van der Waals surface area (Å²) in [6, 6.07) is 0. The van der Waals surface area contributed by atoms with Gasteiger partial charge in [-0.2, -0.15) is 0 Å². The van der Waals surface area contributed by atoms with Crippen molar-refractivity contribution >= 4 is 34.9 Å². The molecule has 274 valence electrons. The smallest absolute Gasteiger partial charge is 0.305 e. The molecule has 6 rings (SSSR count). The number of nitrogens with zero attached hydrogens (tertiary/aromatic N) is 3. The summed E-state index contributed by atoms with van der Waals surface area (Å²) in [6.07, 6.45) is 13.0. The summed E-state index contributed by atoms with van der Waals surface area (Å²) in [6.45, 7) is 10.1. The minimum absolute atomic E-state index is 0.122. The van der Waals surface area contributed by atoms with Crippen LogP contribution in [0.2, 0.25) is 0 Å². The molecule has 1 aliphatic carbocycles. The first-order chi connectivity index (χ1) is 25.3. The zero-order valence-corrected chi connectivity index (χ0v) is 30.3. The number of carbonyl (C=O) groups excluding carboxylic acids is 2. The molecule has 0 saturated carbocycles. The zero-order chi connectivity index (χ0) is 38.4. The van der Waals surface area contributed by atoms with E-state index in [0.717, 1.165) is 27.9 Å². The summed E-state index contributed by atoms with van der Waals surface area (Å²) >= 11 is 0. The number of carboxylic acids is 1. The molecule has 0 aromatic heterocycles. The largest absolute Gasteiger partial charge is 0.510 e. The van der Waals surface area contributed by atoms with Crippen molar-refractivity contribution in [3.05, 3.63) is 128 Å². The minimum Gasteiger partial charge on any atom is -0.510 e. The molecule has 5 aliphatic heterocycles. The van der Waals surface area contributed by atoms with Crippen molar-refractivity contribution in [1.82, 2.24) is 5.32 Å². The van der Waals surface area contributed by atoms with Crippen LogP contribution in [0.25, 0.3) is 0 Å². The van der Waals surface area contributed by atoms with Gasteiger partial charge in [0, 0.05) is 40.8 Å². The van der Waals surface area contributed by atoms with Gasteiger partial charge in [0.25, 0.3) is 0 Å². The molecule has 0 saturated heterocycles. The highest BCUT2D eigenvalue weighted by Crippen LogP contribution is 2.54. The van der Waals surface area contributed by atoms with Crippen molar-refractivity contribution in [3.63, 3.8) is 0 Å². The Labute approximate surface area is 307 Å². The number of aliphatic hydroxyl groups is 3. The summed E-state index contributed by atoms with van der Waals surface area (Å²) in [7, 11) is 1.34. The number of hydrogen-bond donors (Lipinski definition) is 5. The van der Waals surface area contributed by atoms with E-state index in [9.17, 15) is 34.8 Å². The second-order valence-corrected chi connectivity index (χ2v) is 13.7. The van der Waals surface area contributed by atoms with Crippen LogP contribution < -0.4 is 5.32 Å². The number of fused-ring (bicyclic) bond motifs is 7. The third kappa shape index (κ3) is 6.38. The molecule has 0 aromatic rings. The van der Waals surface area contributed by atoms with Gasteiger partial charge in [-0.25, -0.2) is 15.0 Å². The van der Waals surface area contributed by atoms with Gasteiger partial charge in [-0.15, -0.1) is 0 Å². The van der Waals surface area contributed by atoms with Crippen LogP contribution in [0, 0.1) is 11.3 Å². The third-order valence-electron chi connectivity index (χ3n) is 10.7. The Morgan fingerprint density at radius 1 is 0.849 bits per heavy atom. The molecule has 12 heteroatoms. The van der Waals surface area contributed by atoms with Crippen LogP contribution in [-0.2, 0) is 19.1 Å². The lowest BCUT2D eigenvalue weighted by Crippen LogP contribution is -2.41. The molecule has 53 heavy (non-hydrogen) atoms. The molecule has 0 fully saturated rings. The lowest BCUT2D eigenvalue weighted by Gasteiger charge is -2.39. The maximum Gasteiger partial charge on any atom is 0.305 e. The van der Waals surface area contributed by atoms with E-state index in [1.54, 1.807) is 24.3 Å². The molecule has 0 amide bonds. The first-order valence-electron chi connectivity index (χ1n) is 17.3. The SMILES string of the molecule is C=CC1=C(C)C2=CC3=C4C=CC(=C(O)CO)[C@@H](C(=O)CO)[C@@]4(C)C(=CC4=NC(=CC5=NC(=CC1=N2)C(C)=C5CCC(=O)OC)C(CCC(=O)O)=C4C)N3. The molecule has 5 heterocycles. The van der Waals surface area contributed by atoms with E-state index < -0.39 is 36.3 Å². The number of hydrogen-bond acceptors (Lipinski definition) is 11. The van der Waals surface area contributed by atoms with E-state index in [1.165, 1.54) is 7.11 Å². The van der Waals surface area contributed by atoms with Crippen LogP contribution in [0.3, 0.4) is 0 Å². The number of methoxy groups -OCH3 is 1. The first-order valence-corrected chi connectivity index (χ1v) is 17.3. The number of aliphatic hydroxyl groups excluding tert-OH is 3. The summed E-state index contributed by atoms with van der Waals surface area (Å²) in [5.41, 5.74) is 9.11. The Morgan fingerprint density at radius 2 is 1.51 bits per heavy atom. The van der Waals surface area contributed by atoms with Gasteiger partial charge in [-0.05, 0) is 98.3 Å². The molecular formula is C41H42N4O8. The van der Waals surface area contributed by atoms with Crippen LogP contribution in [0.5, 0.6) is 0 Å². The predicted molar refractivity (Wildman–Crippen MR) is 201 cm³/mol. The molecule has 0 radical (unpaired) electrons. The summed E-state index contributed by atoms with van der Waals surface area (Å²) < 4.78 is 4.93.